The Bertz CT molecular complexity index is 1460. The van der Waals surface area contributed by atoms with E-state index in [-0.39, 0.29) is 30.2 Å². The number of benzene rings is 2. The molecule has 0 spiro atoms. The average Bonchev–Trinajstić information content (AvgIpc) is 3.05. The topological polar surface area (TPSA) is 178 Å². The van der Waals surface area contributed by atoms with Gasteiger partial charge >= 0.3 is 24.3 Å². The molecule has 2 aromatic rings. The van der Waals surface area contributed by atoms with Crippen LogP contribution in [0.4, 0.5) is 40.8 Å². The number of rotatable bonds is 16. The molecule has 1 aliphatic rings. The smallest absolute Gasteiger partial charge is 0.490 e. The Kier molecular flexibility index (Phi) is 19.5. The summed E-state index contributed by atoms with van der Waals surface area (Å²) in [5.41, 5.74) is 1.77. The Morgan fingerprint density at radius 1 is 0.906 bits per heavy atom. The second-order valence-corrected chi connectivity index (χ2v) is 11.5. The predicted octanol–water partition coefficient (Wildman–Crippen LogP) is 5.03. The molecule has 6 N–H and O–H groups in total. The van der Waals surface area contributed by atoms with Crippen LogP contribution in [0.1, 0.15) is 50.7 Å². The van der Waals surface area contributed by atoms with E-state index in [2.05, 4.69) is 29.8 Å². The number of halogens is 8. The molecule has 298 valence electrons. The normalized spacial score (nSPS) is 12.8. The van der Waals surface area contributed by atoms with Crippen molar-refractivity contribution in [3.63, 3.8) is 0 Å². The summed E-state index contributed by atoms with van der Waals surface area (Å²) in [6, 6.07) is 6.95. The van der Waals surface area contributed by atoms with Crippen LogP contribution in [0.15, 0.2) is 30.3 Å². The lowest BCUT2D eigenvalue weighted by atomic mass is 10.1. The molecule has 0 aromatic heterocycles. The lowest BCUT2D eigenvalue weighted by molar-refractivity contribution is -0.193. The summed E-state index contributed by atoms with van der Waals surface area (Å²) >= 11 is 0. The SMILES string of the molecule is CCCC[C@@H](C)N(CCNCCc1ccc(O)c2c1OCC(=O)N2)C(=O)CCNCCc1cc(F)cc(F)c1.O=C(O)C(F)(F)F.O=C(O)C(F)(F)F. The molecule has 53 heavy (non-hydrogen) atoms. The fraction of sp³-hybridized carbons (Fsp3) is 0.515. The highest BCUT2D eigenvalue weighted by Crippen LogP contribution is 2.39. The first kappa shape index (κ1) is 46.3. The number of nitrogens with zero attached hydrogens (tertiary/aromatic N) is 1. The Morgan fingerprint density at radius 2 is 1.45 bits per heavy atom. The molecule has 20 heteroatoms. The van der Waals surface area contributed by atoms with Gasteiger partial charge in [-0.15, -0.1) is 0 Å². The van der Waals surface area contributed by atoms with Crippen molar-refractivity contribution in [3.8, 4) is 11.5 Å². The Balaban J connectivity index is 0.000000845. The molecule has 3 rings (SSSR count). The van der Waals surface area contributed by atoms with E-state index in [1.54, 1.807) is 12.1 Å². The number of carbonyl (C=O) groups excluding carboxylic acids is 2. The fourth-order valence-electron chi connectivity index (χ4n) is 4.66. The molecule has 1 atom stereocenters. The third-order valence-electron chi connectivity index (χ3n) is 7.27. The van der Waals surface area contributed by atoms with Crippen LogP contribution >= 0.6 is 0 Å². The van der Waals surface area contributed by atoms with Crippen LogP contribution in [0.25, 0.3) is 0 Å². The lowest BCUT2D eigenvalue weighted by Gasteiger charge is -2.30. The minimum Gasteiger partial charge on any atom is -0.506 e. The summed E-state index contributed by atoms with van der Waals surface area (Å²) in [6.07, 6.45) is -5.67. The molecular formula is C33H42F8N4O8. The molecule has 0 aliphatic carbocycles. The van der Waals surface area contributed by atoms with Crippen molar-refractivity contribution in [2.45, 2.75) is 70.8 Å². The third-order valence-corrected chi connectivity index (χ3v) is 7.27. The summed E-state index contributed by atoms with van der Waals surface area (Å²) in [5, 5.41) is 33.5. The quantitative estimate of drug-likeness (QED) is 0.0771. The van der Waals surface area contributed by atoms with Crippen molar-refractivity contribution < 1.29 is 74.4 Å². The number of aliphatic carboxylic acids is 2. The van der Waals surface area contributed by atoms with Crippen LogP contribution in [0.5, 0.6) is 11.5 Å². The van der Waals surface area contributed by atoms with Crippen molar-refractivity contribution in [3.05, 3.63) is 53.1 Å². The van der Waals surface area contributed by atoms with Crippen LogP contribution in [0.3, 0.4) is 0 Å². The van der Waals surface area contributed by atoms with Crippen molar-refractivity contribution in [2.75, 3.05) is 44.6 Å². The number of carboxylic acid groups (broad SMARTS) is 2. The zero-order valence-corrected chi connectivity index (χ0v) is 28.8. The Hall–Kier alpha value is -4.72. The molecule has 0 fully saturated rings. The largest absolute Gasteiger partial charge is 0.506 e. The van der Waals surface area contributed by atoms with E-state index in [9.17, 15) is 49.8 Å². The van der Waals surface area contributed by atoms with Gasteiger partial charge in [-0.25, -0.2) is 18.4 Å². The number of fused-ring (bicyclic) bond motifs is 1. The van der Waals surface area contributed by atoms with E-state index in [1.807, 2.05) is 4.90 Å². The number of carboxylic acids is 2. The standard InChI is InChI=1S/C29H40F2N4O4.2C2HF3O2/c1-3-4-5-20(2)35(27(38)10-13-32-11-8-21-16-23(30)18-24(31)17-21)15-14-33-12-9-22-6-7-25(36)28-29(22)39-19-26(37)34-28;2*3-2(4,5)1(6)7/h6-7,16-18,20,32-33,36H,3-5,8-15,19H2,1-2H3,(H,34,37);2*(H,6,7)/t20-;;/m1../s1. The molecule has 0 unspecified atom stereocenters. The molecule has 0 radical (unpaired) electrons. The van der Waals surface area contributed by atoms with E-state index in [0.717, 1.165) is 30.9 Å². The number of ether oxygens (including phenoxy) is 1. The number of phenols is 1. The van der Waals surface area contributed by atoms with Gasteiger partial charge in [0.25, 0.3) is 5.91 Å². The summed E-state index contributed by atoms with van der Waals surface area (Å²) < 4.78 is 95.7. The summed E-state index contributed by atoms with van der Waals surface area (Å²) in [7, 11) is 0. The third kappa shape index (κ3) is 18.1. The monoisotopic (exact) mass is 774 g/mol. The van der Waals surface area contributed by atoms with Crippen LogP contribution in [-0.4, -0.2) is 102 Å². The lowest BCUT2D eigenvalue weighted by Crippen LogP contribution is -2.43. The molecule has 12 nitrogen and oxygen atoms in total. The van der Waals surface area contributed by atoms with Gasteiger partial charge in [-0.05, 0) is 68.6 Å². The molecule has 2 amide bonds. The number of hydrogen-bond acceptors (Lipinski definition) is 8. The highest BCUT2D eigenvalue weighted by atomic mass is 19.4. The number of amides is 2. The van der Waals surface area contributed by atoms with E-state index >= 15 is 0 Å². The summed E-state index contributed by atoms with van der Waals surface area (Å²) in [4.78, 5) is 44.4. The van der Waals surface area contributed by atoms with Gasteiger partial charge in [0.1, 0.15) is 23.1 Å². The number of nitrogens with one attached hydrogen (secondary N) is 3. The van der Waals surface area contributed by atoms with Gasteiger partial charge in [0.15, 0.2) is 12.4 Å². The number of anilines is 1. The number of unbranched alkanes of at least 4 members (excludes halogenated alkanes) is 1. The van der Waals surface area contributed by atoms with E-state index in [4.69, 9.17) is 24.5 Å². The van der Waals surface area contributed by atoms with Gasteiger partial charge < -0.3 is 40.9 Å². The first-order valence-electron chi connectivity index (χ1n) is 16.2. The molecule has 0 saturated heterocycles. The molecule has 2 aromatic carbocycles. The molecule has 0 bridgehead atoms. The van der Waals surface area contributed by atoms with Crippen molar-refractivity contribution in [1.82, 2.24) is 15.5 Å². The maximum absolute atomic E-state index is 13.3. The highest BCUT2D eigenvalue weighted by Gasteiger charge is 2.39. The van der Waals surface area contributed by atoms with Crippen LogP contribution in [0, 0.1) is 11.6 Å². The number of hydrogen-bond donors (Lipinski definition) is 6. The predicted molar refractivity (Wildman–Crippen MR) is 174 cm³/mol. The van der Waals surface area contributed by atoms with Crippen LogP contribution < -0.4 is 20.7 Å². The van der Waals surface area contributed by atoms with Crippen molar-refractivity contribution in [2.24, 2.45) is 0 Å². The molecule has 1 heterocycles. The van der Waals surface area contributed by atoms with Gasteiger partial charge in [-0.1, -0.05) is 25.8 Å². The minimum absolute atomic E-state index is 0.0256. The van der Waals surface area contributed by atoms with E-state index in [0.29, 0.717) is 69.0 Å². The van der Waals surface area contributed by atoms with Gasteiger partial charge in [-0.2, -0.15) is 26.3 Å². The van der Waals surface area contributed by atoms with Crippen LogP contribution in [0.2, 0.25) is 0 Å². The summed E-state index contributed by atoms with van der Waals surface area (Å²) in [5.74, 6) is -6.45. The summed E-state index contributed by atoms with van der Waals surface area (Å²) in [6.45, 7) is 6.98. The highest BCUT2D eigenvalue weighted by molar-refractivity contribution is 5.97. The second-order valence-electron chi connectivity index (χ2n) is 11.5. The van der Waals surface area contributed by atoms with Crippen molar-refractivity contribution >= 4 is 29.4 Å². The van der Waals surface area contributed by atoms with Gasteiger partial charge in [0.2, 0.25) is 5.91 Å². The maximum atomic E-state index is 13.3. The molecule has 0 saturated carbocycles. The fourth-order valence-corrected chi connectivity index (χ4v) is 4.66. The zero-order chi connectivity index (χ0) is 40.4. The Morgan fingerprint density at radius 3 is 2.00 bits per heavy atom. The minimum atomic E-state index is -5.08. The zero-order valence-electron chi connectivity index (χ0n) is 28.8. The first-order valence-corrected chi connectivity index (χ1v) is 16.2. The second kappa shape index (κ2) is 22.4. The van der Waals surface area contributed by atoms with Gasteiger partial charge in [0, 0.05) is 38.2 Å². The van der Waals surface area contributed by atoms with E-state index < -0.39 is 35.9 Å². The first-order chi connectivity index (χ1) is 24.7. The van der Waals surface area contributed by atoms with E-state index in [1.165, 1.54) is 12.1 Å². The maximum Gasteiger partial charge on any atom is 0.490 e. The van der Waals surface area contributed by atoms with Gasteiger partial charge in [0.05, 0.1) is 0 Å². The van der Waals surface area contributed by atoms with Crippen molar-refractivity contribution in [1.29, 1.82) is 0 Å². The average molecular weight is 775 g/mol. The number of phenolic OH excluding ortho intramolecular Hbond substituents is 1. The Labute approximate surface area is 299 Å². The number of alkyl halides is 6. The number of carbonyl (C=O) groups is 4. The molecule has 1 aliphatic heterocycles. The van der Waals surface area contributed by atoms with Gasteiger partial charge in [-0.3, -0.25) is 9.59 Å². The van der Waals surface area contributed by atoms with Crippen LogP contribution in [-0.2, 0) is 32.0 Å². The molecular weight excluding hydrogens is 732 g/mol. The number of aromatic hydroxyl groups is 1.